The summed E-state index contributed by atoms with van der Waals surface area (Å²) in [6.07, 6.45) is 0.0692. The first-order valence-electron chi connectivity index (χ1n) is 8.45. The van der Waals surface area contributed by atoms with E-state index in [1.54, 1.807) is 24.3 Å². The first-order chi connectivity index (χ1) is 13.1. The van der Waals surface area contributed by atoms with Gasteiger partial charge in [0.05, 0.1) is 6.42 Å². The van der Waals surface area contributed by atoms with E-state index in [2.05, 4.69) is 0 Å². The van der Waals surface area contributed by atoms with Crippen LogP contribution in [0, 0.1) is 0 Å². The summed E-state index contributed by atoms with van der Waals surface area (Å²) < 4.78 is 10.7. The number of benzene rings is 3. The molecular formula is C22H15ClO4. The lowest BCUT2D eigenvalue weighted by molar-refractivity contribution is -0.144. The summed E-state index contributed by atoms with van der Waals surface area (Å²) >= 11 is 6.09. The Morgan fingerprint density at radius 3 is 2.59 bits per heavy atom. The van der Waals surface area contributed by atoms with Crippen LogP contribution in [-0.2, 0) is 22.6 Å². The van der Waals surface area contributed by atoms with Crippen molar-refractivity contribution in [2.75, 3.05) is 0 Å². The van der Waals surface area contributed by atoms with Crippen LogP contribution in [0.1, 0.15) is 11.1 Å². The van der Waals surface area contributed by atoms with Gasteiger partial charge in [0.15, 0.2) is 0 Å². The quantitative estimate of drug-likeness (QED) is 0.288. The fourth-order valence-electron chi connectivity index (χ4n) is 3.14. The molecule has 0 aliphatic carbocycles. The lowest BCUT2D eigenvalue weighted by Gasteiger charge is -2.10. The molecule has 0 bridgehead atoms. The number of hydrogen-bond donors (Lipinski definition) is 0. The average Bonchev–Trinajstić information content (AvgIpc) is 2.67. The standard InChI is InChI=1S/C22H15ClO4/c23-18-8-4-2-6-15(18)11-20(24)26-13-16-12-21(25)27-19-10-9-14-5-1-3-7-17(14)22(16)19/h1-10,12H,11,13H2. The fraction of sp³-hybridized carbons (Fsp3) is 0.0909. The van der Waals surface area contributed by atoms with Crippen molar-refractivity contribution in [1.29, 1.82) is 0 Å². The second-order valence-electron chi connectivity index (χ2n) is 6.18. The molecule has 4 aromatic rings. The Morgan fingerprint density at radius 1 is 0.963 bits per heavy atom. The summed E-state index contributed by atoms with van der Waals surface area (Å²) in [6.45, 7) is -0.0145. The van der Waals surface area contributed by atoms with Gasteiger partial charge in [-0.05, 0) is 28.5 Å². The van der Waals surface area contributed by atoms with Crippen molar-refractivity contribution in [3.63, 3.8) is 0 Å². The highest BCUT2D eigenvalue weighted by atomic mass is 35.5. The molecule has 5 heteroatoms. The molecule has 0 aliphatic heterocycles. The Kier molecular flexibility index (Phi) is 4.65. The van der Waals surface area contributed by atoms with Crippen LogP contribution in [0.25, 0.3) is 21.7 Å². The van der Waals surface area contributed by atoms with Crippen molar-refractivity contribution in [3.05, 3.63) is 93.3 Å². The number of halogens is 1. The molecule has 0 aliphatic rings. The van der Waals surface area contributed by atoms with Crippen LogP contribution in [0.3, 0.4) is 0 Å². The molecule has 0 saturated heterocycles. The zero-order valence-electron chi connectivity index (χ0n) is 14.3. The number of hydrogen-bond acceptors (Lipinski definition) is 4. The van der Waals surface area contributed by atoms with E-state index in [9.17, 15) is 9.59 Å². The maximum Gasteiger partial charge on any atom is 0.336 e. The van der Waals surface area contributed by atoms with E-state index in [1.807, 2.05) is 36.4 Å². The third-order valence-corrected chi connectivity index (χ3v) is 4.76. The molecule has 0 spiro atoms. The largest absolute Gasteiger partial charge is 0.461 e. The van der Waals surface area contributed by atoms with Crippen LogP contribution < -0.4 is 5.63 Å². The normalized spacial score (nSPS) is 11.0. The van der Waals surface area contributed by atoms with Gasteiger partial charge in [-0.1, -0.05) is 60.1 Å². The number of carbonyl (C=O) groups is 1. The van der Waals surface area contributed by atoms with E-state index in [0.717, 1.165) is 16.2 Å². The second-order valence-corrected chi connectivity index (χ2v) is 6.59. The topological polar surface area (TPSA) is 56.5 Å². The third kappa shape index (κ3) is 3.57. The molecule has 0 fully saturated rings. The van der Waals surface area contributed by atoms with Crippen molar-refractivity contribution in [2.24, 2.45) is 0 Å². The molecule has 1 heterocycles. The van der Waals surface area contributed by atoms with Gasteiger partial charge < -0.3 is 9.15 Å². The molecule has 4 rings (SSSR count). The van der Waals surface area contributed by atoms with Gasteiger partial charge in [0, 0.05) is 22.0 Å². The molecule has 0 N–H and O–H groups in total. The molecule has 1 aromatic heterocycles. The molecule has 0 amide bonds. The van der Waals surface area contributed by atoms with E-state index in [1.165, 1.54) is 6.07 Å². The Morgan fingerprint density at radius 2 is 1.74 bits per heavy atom. The van der Waals surface area contributed by atoms with Crippen LogP contribution in [0.4, 0.5) is 0 Å². The predicted octanol–water partition coefficient (Wildman–Crippen LogP) is 4.89. The minimum atomic E-state index is -0.477. The van der Waals surface area contributed by atoms with Crippen LogP contribution >= 0.6 is 11.6 Å². The lowest BCUT2D eigenvalue weighted by Crippen LogP contribution is -2.10. The van der Waals surface area contributed by atoms with Gasteiger partial charge in [0.2, 0.25) is 0 Å². The van der Waals surface area contributed by atoms with E-state index in [4.69, 9.17) is 20.8 Å². The Balaban J connectivity index is 1.65. The first-order valence-corrected chi connectivity index (χ1v) is 8.83. The lowest BCUT2D eigenvalue weighted by atomic mass is 10.0. The maximum atomic E-state index is 12.2. The third-order valence-electron chi connectivity index (χ3n) is 4.40. The smallest absolute Gasteiger partial charge is 0.336 e. The first kappa shape index (κ1) is 17.3. The van der Waals surface area contributed by atoms with Gasteiger partial charge in [0.25, 0.3) is 0 Å². The Bertz CT molecular complexity index is 1210. The average molecular weight is 379 g/mol. The number of esters is 1. The minimum Gasteiger partial charge on any atom is -0.461 e. The zero-order chi connectivity index (χ0) is 18.8. The molecular weight excluding hydrogens is 364 g/mol. The van der Waals surface area contributed by atoms with Crippen molar-refractivity contribution in [3.8, 4) is 0 Å². The minimum absolute atomic E-state index is 0.0145. The Hall–Kier alpha value is -3.11. The molecule has 0 atom stereocenters. The maximum absolute atomic E-state index is 12.2. The van der Waals surface area contributed by atoms with E-state index < -0.39 is 11.6 Å². The van der Waals surface area contributed by atoms with Gasteiger partial charge in [-0.3, -0.25) is 4.79 Å². The number of ether oxygens (including phenoxy) is 1. The highest BCUT2D eigenvalue weighted by Crippen LogP contribution is 2.28. The van der Waals surface area contributed by atoms with Crippen LogP contribution in [-0.4, -0.2) is 5.97 Å². The molecule has 0 unspecified atom stereocenters. The van der Waals surface area contributed by atoms with E-state index in [-0.39, 0.29) is 13.0 Å². The highest BCUT2D eigenvalue weighted by Gasteiger charge is 2.13. The van der Waals surface area contributed by atoms with E-state index >= 15 is 0 Å². The number of rotatable bonds is 4. The molecule has 3 aromatic carbocycles. The SMILES string of the molecule is O=C(Cc1ccccc1Cl)OCc1cc(=O)oc2ccc3ccccc3c12. The summed E-state index contributed by atoms with van der Waals surface area (Å²) in [5.41, 5.74) is 1.31. The number of fused-ring (bicyclic) bond motifs is 3. The summed E-state index contributed by atoms with van der Waals surface area (Å²) in [4.78, 5) is 24.1. The van der Waals surface area contributed by atoms with Gasteiger partial charge in [-0.25, -0.2) is 4.79 Å². The van der Waals surface area contributed by atoms with Crippen LogP contribution in [0.5, 0.6) is 0 Å². The van der Waals surface area contributed by atoms with Gasteiger partial charge in [0.1, 0.15) is 12.2 Å². The summed E-state index contributed by atoms with van der Waals surface area (Å²) in [5.74, 6) is -0.412. The van der Waals surface area contributed by atoms with Crippen LogP contribution in [0.2, 0.25) is 5.02 Å². The van der Waals surface area contributed by atoms with Gasteiger partial charge >= 0.3 is 11.6 Å². The second kappa shape index (κ2) is 7.25. The van der Waals surface area contributed by atoms with E-state index in [0.29, 0.717) is 21.7 Å². The number of carbonyl (C=O) groups excluding carboxylic acids is 1. The molecule has 134 valence electrons. The molecule has 0 radical (unpaired) electrons. The van der Waals surface area contributed by atoms with Crippen molar-refractivity contribution in [1.82, 2.24) is 0 Å². The summed E-state index contributed by atoms with van der Waals surface area (Å²) in [6, 6.07) is 19.9. The fourth-order valence-corrected chi connectivity index (χ4v) is 3.34. The van der Waals surface area contributed by atoms with Crippen LogP contribution in [0.15, 0.2) is 75.9 Å². The zero-order valence-corrected chi connectivity index (χ0v) is 15.0. The van der Waals surface area contributed by atoms with Crippen molar-refractivity contribution < 1.29 is 13.9 Å². The van der Waals surface area contributed by atoms with Crippen molar-refractivity contribution >= 4 is 39.3 Å². The van der Waals surface area contributed by atoms with Gasteiger partial charge in [-0.2, -0.15) is 0 Å². The van der Waals surface area contributed by atoms with Crippen molar-refractivity contribution in [2.45, 2.75) is 13.0 Å². The highest BCUT2D eigenvalue weighted by molar-refractivity contribution is 6.31. The summed E-state index contributed by atoms with van der Waals surface area (Å²) in [5, 5.41) is 3.25. The summed E-state index contributed by atoms with van der Waals surface area (Å²) in [7, 11) is 0. The molecule has 4 nitrogen and oxygen atoms in total. The predicted molar refractivity (Wildman–Crippen MR) is 105 cm³/mol. The van der Waals surface area contributed by atoms with Gasteiger partial charge in [-0.15, -0.1) is 0 Å². The monoisotopic (exact) mass is 378 g/mol. The Labute approximate surface area is 159 Å². The molecule has 0 saturated carbocycles. The molecule has 27 heavy (non-hydrogen) atoms.